The van der Waals surface area contributed by atoms with E-state index in [0.717, 1.165) is 28.8 Å². The molecule has 0 radical (unpaired) electrons. The van der Waals surface area contributed by atoms with Crippen LogP contribution < -0.4 is 0 Å². The third-order valence-corrected chi connectivity index (χ3v) is 3.58. The van der Waals surface area contributed by atoms with Crippen LogP contribution in [-0.4, -0.2) is 19.3 Å². The van der Waals surface area contributed by atoms with Gasteiger partial charge in [0.05, 0.1) is 22.4 Å². The molecule has 0 spiro atoms. The minimum absolute atomic E-state index is 0.711. The fourth-order valence-corrected chi connectivity index (χ4v) is 2.73. The van der Waals surface area contributed by atoms with Gasteiger partial charge >= 0.3 is 0 Å². The quantitative estimate of drug-likeness (QED) is 0.727. The number of rotatable bonds is 2. The first-order valence-electron chi connectivity index (χ1n) is 6.34. The third kappa shape index (κ3) is 1.90. The van der Waals surface area contributed by atoms with Crippen molar-refractivity contribution < 1.29 is 0 Å². The van der Waals surface area contributed by atoms with E-state index in [1.54, 1.807) is 0 Å². The van der Waals surface area contributed by atoms with Crippen LogP contribution in [0.2, 0.25) is 0 Å². The van der Waals surface area contributed by atoms with E-state index in [-0.39, 0.29) is 0 Å². The van der Waals surface area contributed by atoms with Crippen LogP contribution in [0.1, 0.15) is 18.2 Å². The van der Waals surface area contributed by atoms with Crippen molar-refractivity contribution in [3.8, 4) is 5.69 Å². The summed E-state index contributed by atoms with van der Waals surface area (Å²) in [6.45, 7) is 4.18. The molecule has 0 aliphatic rings. The zero-order valence-electron chi connectivity index (χ0n) is 11.3. The molecule has 2 aromatic heterocycles. The number of nitrogens with one attached hydrogen (secondary N) is 1. The second kappa shape index (κ2) is 4.35. The van der Waals surface area contributed by atoms with Crippen LogP contribution in [0.5, 0.6) is 0 Å². The Hall–Kier alpha value is -1.88. The molecule has 0 fully saturated rings. The maximum atomic E-state index is 5.47. The number of hydrogen-bond donors (Lipinski definition) is 1. The Kier molecular flexibility index (Phi) is 2.78. The highest BCUT2D eigenvalue weighted by Crippen LogP contribution is 2.22. The van der Waals surface area contributed by atoms with Crippen molar-refractivity contribution in [3.63, 3.8) is 0 Å². The first-order valence-corrected chi connectivity index (χ1v) is 6.75. The summed E-state index contributed by atoms with van der Waals surface area (Å²) in [5.41, 5.74) is 5.50. The van der Waals surface area contributed by atoms with Gasteiger partial charge in [-0.05, 0) is 43.3 Å². The van der Waals surface area contributed by atoms with E-state index in [1.165, 1.54) is 5.56 Å². The molecule has 0 atom stereocenters. The van der Waals surface area contributed by atoms with Gasteiger partial charge in [0.2, 0.25) is 0 Å². The molecule has 1 N–H and O–H groups in total. The summed E-state index contributed by atoms with van der Waals surface area (Å²) in [5, 5.41) is 4.49. The van der Waals surface area contributed by atoms with Crippen molar-refractivity contribution >= 4 is 23.3 Å². The number of aryl methyl sites for hydroxylation is 3. The molecule has 0 saturated carbocycles. The average molecular weight is 272 g/mol. The van der Waals surface area contributed by atoms with Crippen LogP contribution in [0, 0.1) is 11.7 Å². The number of aromatic amines is 1. The minimum atomic E-state index is 0.711. The highest BCUT2D eigenvalue weighted by molar-refractivity contribution is 7.71. The molecule has 0 unspecified atom stereocenters. The Bertz CT molecular complexity index is 807. The second-order valence-electron chi connectivity index (χ2n) is 4.77. The van der Waals surface area contributed by atoms with Crippen molar-refractivity contribution in [2.24, 2.45) is 7.05 Å². The van der Waals surface area contributed by atoms with Gasteiger partial charge in [0, 0.05) is 13.2 Å². The van der Waals surface area contributed by atoms with Crippen molar-refractivity contribution in [1.29, 1.82) is 0 Å². The van der Waals surface area contributed by atoms with Gasteiger partial charge in [-0.3, -0.25) is 9.25 Å². The molecule has 19 heavy (non-hydrogen) atoms. The zero-order chi connectivity index (χ0) is 13.6. The standard InChI is InChI=1S/C14H16N4S/c1-4-10-13(8-17(3)16-10)18-12-6-5-9(2)7-11(12)15-14(18)19/h5-8H,4H2,1-3H3,(H,15,19). The van der Waals surface area contributed by atoms with Crippen molar-refractivity contribution in [2.75, 3.05) is 0 Å². The number of H-pyrrole nitrogens is 1. The predicted molar refractivity (Wildman–Crippen MR) is 79.3 cm³/mol. The second-order valence-corrected chi connectivity index (χ2v) is 5.16. The molecule has 1 aromatic carbocycles. The van der Waals surface area contributed by atoms with E-state index in [0.29, 0.717) is 4.77 Å². The normalized spacial score (nSPS) is 11.3. The van der Waals surface area contributed by atoms with Gasteiger partial charge in [-0.25, -0.2) is 0 Å². The topological polar surface area (TPSA) is 38.5 Å². The average Bonchev–Trinajstić information content (AvgIpc) is 2.87. The van der Waals surface area contributed by atoms with Crippen LogP contribution in [-0.2, 0) is 13.5 Å². The Labute approximate surface area is 116 Å². The third-order valence-electron chi connectivity index (χ3n) is 3.30. The minimum Gasteiger partial charge on any atom is -0.330 e. The summed E-state index contributed by atoms with van der Waals surface area (Å²) in [6.07, 6.45) is 2.90. The maximum absolute atomic E-state index is 5.47. The Balaban J connectivity index is 2.36. The molecule has 3 rings (SSSR count). The van der Waals surface area contributed by atoms with Crippen molar-refractivity contribution in [3.05, 3.63) is 40.4 Å². The van der Waals surface area contributed by atoms with Gasteiger partial charge in [-0.15, -0.1) is 0 Å². The number of nitrogens with zero attached hydrogens (tertiary/aromatic N) is 3. The molecule has 98 valence electrons. The largest absolute Gasteiger partial charge is 0.330 e. The first-order chi connectivity index (χ1) is 9.10. The molecule has 4 nitrogen and oxygen atoms in total. The number of fused-ring (bicyclic) bond motifs is 1. The molecule has 5 heteroatoms. The van der Waals surface area contributed by atoms with E-state index in [4.69, 9.17) is 12.2 Å². The Morgan fingerprint density at radius 3 is 2.89 bits per heavy atom. The lowest BCUT2D eigenvalue weighted by molar-refractivity contribution is 0.746. The first kappa shape index (κ1) is 12.2. The van der Waals surface area contributed by atoms with Crippen molar-refractivity contribution in [1.82, 2.24) is 19.3 Å². The summed E-state index contributed by atoms with van der Waals surface area (Å²) in [4.78, 5) is 3.27. The van der Waals surface area contributed by atoms with E-state index < -0.39 is 0 Å². The summed E-state index contributed by atoms with van der Waals surface area (Å²) >= 11 is 5.47. The number of benzene rings is 1. The fraction of sp³-hybridized carbons (Fsp3) is 0.286. The monoisotopic (exact) mass is 272 g/mol. The highest BCUT2D eigenvalue weighted by Gasteiger charge is 2.12. The van der Waals surface area contributed by atoms with Gasteiger partial charge in [0.1, 0.15) is 0 Å². The van der Waals surface area contributed by atoms with Gasteiger partial charge in [0.15, 0.2) is 4.77 Å². The van der Waals surface area contributed by atoms with Crippen LogP contribution in [0.3, 0.4) is 0 Å². The van der Waals surface area contributed by atoms with E-state index in [1.807, 2.05) is 17.9 Å². The highest BCUT2D eigenvalue weighted by atomic mass is 32.1. The van der Waals surface area contributed by atoms with Gasteiger partial charge < -0.3 is 4.98 Å². The molecule has 3 aromatic rings. The van der Waals surface area contributed by atoms with Crippen LogP contribution in [0.15, 0.2) is 24.4 Å². The molecule has 0 bridgehead atoms. The number of hydrogen-bond acceptors (Lipinski definition) is 2. The predicted octanol–water partition coefficient (Wildman–Crippen LogP) is 3.29. The van der Waals surface area contributed by atoms with Crippen LogP contribution in [0.25, 0.3) is 16.7 Å². The summed E-state index contributed by atoms with van der Waals surface area (Å²) in [5.74, 6) is 0. The molecule has 0 aliphatic heterocycles. The summed E-state index contributed by atoms with van der Waals surface area (Å²) in [7, 11) is 1.94. The molecule has 2 heterocycles. The van der Waals surface area contributed by atoms with Crippen LogP contribution in [0.4, 0.5) is 0 Å². The number of imidazole rings is 1. The van der Waals surface area contributed by atoms with Gasteiger partial charge in [-0.2, -0.15) is 5.10 Å². The molecule has 0 aliphatic carbocycles. The van der Waals surface area contributed by atoms with Gasteiger partial charge in [0.25, 0.3) is 0 Å². The Morgan fingerprint density at radius 2 is 2.16 bits per heavy atom. The summed E-state index contributed by atoms with van der Waals surface area (Å²) in [6, 6.07) is 6.32. The van der Waals surface area contributed by atoms with Crippen molar-refractivity contribution in [2.45, 2.75) is 20.3 Å². The van der Waals surface area contributed by atoms with Crippen LogP contribution >= 0.6 is 12.2 Å². The molecule has 0 saturated heterocycles. The van der Waals surface area contributed by atoms with E-state index in [2.05, 4.69) is 46.7 Å². The van der Waals surface area contributed by atoms with Gasteiger partial charge in [-0.1, -0.05) is 13.0 Å². The van der Waals surface area contributed by atoms with E-state index in [9.17, 15) is 0 Å². The smallest absolute Gasteiger partial charge is 0.182 e. The fourth-order valence-electron chi connectivity index (χ4n) is 2.43. The summed E-state index contributed by atoms with van der Waals surface area (Å²) < 4.78 is 4.61. The molecular formula is C14H16N4S. The molecular weight excluding hydrogens is 256 g/mol. The lowest BCUT2D eigenvalue weighted by atomic mass is 10.2. The van der Waals surface area contributed by atoms with E-state index >= 15 is 0 Å². The lowest BCUT2D eigenvalue weighted by Crippen LogP contribution is -1.96. The zero-order valence-corrected chi connectivity index (χ0v) is 12.1. The Morgan fingerprint density at radius 1 is 1.37 bits per heavy atom. The maximum Gasteiger partial charge on any atom is 0.182 e. The molecule has 0 amide bonds. The number of aromatic nitrogens is 4. The SMILES string of the molecule is CCc1nn(C)cc1-n1c(=S)[nH]c2cc(C)ccc21. The lowest BCUT2D eigenvalue weighted by Gasteiger charge is -2.03.